The Morgan fingerprint density at radius 1 is 1.89 bits per heavy atom. The second-order valence-electron chi connectivity index (χ2n) is 1.72. The molecule has 4 nitrogen and oxygen atoms in total. The van der Waals surface area contributed by atoms with E-state index < -0.39 is 0 Å². The molecule has 54 valence electrons. The molecular formula is C4H11N3OS. The minimum absolute atomic E-state index is 0.0173. The van der Waals surface area contributed by atoms with Crippen LogP contribution in [-0.2, 0) is 4.74 Å². The molecule has 0 saturated carbocycles. The summed E-state index contributed by atoms with van der Waals surface area (Å²) in [4.78, 5) is 0. The van der Waals surface area contributed by atoms with E-state index >= 15 is 0 Å². The fourth-order valence-electron chi connectivity index (χ4n) is 0.249. The zero-order valence-electron chi connectivity index (χ0n) is 5.26. The van der Waals surface area contributed by atoms with Gasteiger partial charge in [0.25, 0.3) is 5.17 Å². The van der Waals surface area contributed by atoms with Gasteiger partial charge in [0.15, 0.2) is 0 Å². The largest absolute Gasteiger partial charge is 0.469 e. The molecule has 1 unspecified atom stereocenters. The molecule has 0 aliphatic rings. The molecule has 0 aromatic carbocycles. The van der Waals surface area contributed by atoms with Gasteiger partial charge in [-0.25, -0.2) is 5.84 Å². The molecule has 0 aliphatic heterocycles. The van der Waals surface area contributed by atoms with Crippen molar-refractivity contribution in [3.63, 3.8) is 0 Å². The molecule has 0 aromatic heterocycles. The molecule has 0 radical (unpaired) electrons. The van der Waals surface area contributed by atoms with Crippen LogP contribution in [0.5, 0.6) is 0 Å². The Labute approximate surface area is 59.5 Å². The quantitative estimate of drug-likeness (QED) is 0.269. The third kappa shape index (κ3) is 5.48. The minimum atomic E-state index is -0.0173. The third-order valence-electron chi connectivity index (χ3n) is 0.595. The average molecular weight is 149 g/mol. The molecule has 0 heterocycles. The maximum Gasteiger partial charge on any atom is 0.271 e. The highest BCUT2D eigenvalue weighted by Crippen LogP contribution is 1.79. The molecule has 0 amide bonds. The van der Waals surface area contributed by atoms with Crippen molar-refractivity contribution in [3.8, 4) is 0 Å². The van der Waals surface area contributed by atoms with Gasteiger partial charge in [0.1, 0.15) is 6.61 Å². The van der Waals surface area contributed by atoms with E-state index in [9.17, 15) is 0 Å². The second-order valence-corrected chi connectivity index (χ2v) is 2.09. The molecule has 0 aromatic rings. The van der Waals surface area contributed by atoms with Crippen LogP contribution in [0.25, 0.3) is 0 Å². The van der Waals surface area contributed by atoms with E-state index in [4.69, 9.17) is 16.3 Å². The summed E-state index contributed by atoms with van der Waals surface area (Å²) < 4.78 is 4.82. The Bertz CT molecular complexity index is 95.8. The zero-order chi connectivity index (χ0) is 7.28. The Hall–Kier alpha value is -0.390. The highest BCUT2D eigenvalue weighted by atomic mass is 32.1. The van der Waals surface area contributed by atoms with E-state index in [0.29, 0.717) is 6.61 Å². The number of rotatable bonds is 2. The van der Waals surface area contributed by atoms with E-state index in [0.717, 1.165) is 0 Å². The molecule has 5 heteroatoms. The Balaban J connectivity index is 3.17. The van der Waals surface area contributed by atoms with Crippen LogP contribution in [0.2, 0.25) is 0 Å². The van der Waals surface area contributed by atoms with Gasteiger partial charge in [0.05, 0.1) is 0 Å². The molecule has 0 spiro atoms. The molecule has 0 aliphatic carbocycles. The van der Waals surface area contributed by atoms with Gasteiger partial charge in [-0.05, 0) is 19.1 Å². The predicted molar refractivity (Wildman–Crippen MR) is 39.5 cm³/mol. The molecule has 0 bridgehead atoms. The lowest BCUT2D eigenvalue weighted by Gasteiger charge is -2.07. The lowest BCUT2D eigenvalue weighted by atomic mass is 10.4. The number of hydrogen-bond acceptors (Lipinski definition) is 4. The summed E-state index contributed by atoms with van der Waals surface area (Å²) in [5.41, 5.74) is 7.52. The van der Waals surface area contributed by atoms with E-state index in [2.05, 4.69) is 17.6 Å². The summed E-state index contributed by atoms with van der Waals surface area (Å²) in [5, 5.41) is 0.173. The van der Waals surface area contributed by atoms with Gasteiger partial charge in [0, 0.05) is 6.04 Å². The topological polar surface area (TPSA) is 73.3 Å². The van der Waals surface area contributed by atoms with Crippen LogP contribution in [0, 0.1) is 0 Å². The summed E-state index contributed by atoms with van der Waals surface area (Å²) in [7, 11) is 0. The normalized spacial score (nSPS) is 12.3. The van der Waals surface area contributed by atoms with Crippen molar-refractivity contribution in [2.75, 3.05) is 6.61 Å². The summed E-state index contributed by atoms with van der Waals surface area (Å²) >= 11 is 4.56. The molecule has 0 fully saturated rings. The highest BCUT2D eigenvalue weighted by molar-refractivity contribution is 7.80. The smallest absolute Gasteiger partial charge is 0.271 e. The number of nitrogens with two attached hydrogens (primary N) is 2. The number of ether oxygens (including phenoxy) is 1. The summed E-state index contributed by atoms with van der Waals surface area (Å²) in [5.74, 6) is 4.90. The van der Waals surface area contributed by atoms with Crippen molar-refractivity contribution in [1.29, 1.82) is 0 Å². The molecule has 1 atom stereocenters. The lowest BCUT2D eigenvalue weighted by molar-refractivity contribution is 0.279. The standard InChI is InChI=1S/C4H11N3OS/c1-3(5)2-8-4(9)7-6/h3H,2,5-6H2,1H3,(H,7,9). The van der Waals surface area contributed by atoms with Crippen molar-refractivity contribution in [1.82, 2.24) is 5.43 Å². The van der Waals surface area contributed by atoms with Crippen molar-refractivity contribution < 1.29 is 4.74 Å². The van der Waals surface area contributed by atoms with Crippen molar-refractivity contribution >= 4 is 17.4 Å². The first-order valence-electron chi connectivity index (χ1n) is 2.55. The molecular weight excluding hydrogens is 138 g/mol. The van der Waals surface area contributed by atoms with Crippen LogP contribution in [0.1, 0.15) is 6.92 Å². The number of thiocarbonyl (C=S) groups is 1. The van der Waals surface area contributed by atoms with Crippen LogP contribution in [-0.4, -0.2) is 17.8 Å². The Morgan fingerprint density at radius 3 is 2.78 bits per heavy atom. The lowest BCUT2D eigenvalue weighted by Crippen LogP contribution is -2.33. The fourth-order valence-corrected chi connectivity index (χ4v) is 0.317. The maximum absolute atomic E-state index is 5.34. The van der Waals surface area contributed by atoms with Gasteiger partial charge in [-0.3, -0.25) is 5.43 Å². The second kappa shape index (κ2) is 4.49. The molecule has 0 saturated heterocycles. The third-order valence-corrected chi connectivity index (χ3v) is 0.831. The van der Waals surface area contributed by atoms with Gasteiger partial charge in [-0.15, -0.1) is 0 Å². The number of nitrogens with one attached hydrogen (secondary N) is 1. The SMILES string of the molecule is CC(N)COC(=S)NN. The maximum atomic E-state index is 5.34. The first kappa shape index (κ1) is 8.61. The van der Waals surface area contributed by atoms with Gasteiger partial charge in [0.2, 0.25) is 0 Å². The molecule has 5 N–H and O–H groups in total. The van der Waals surface area contributed by atoms with Gasteiger partial charge >= 0.3 is 0 Å². The van der Waals surface area contributed by atoms with Crippen molar-refractivity contribution in [3.05, 3.63) is 0 Å². The van der Waals surface area contributed by atoms with Crippen molar-refractivity contribution in [2.24, 2.45) is 11.6 Å². The van der Waals surface area contributed by atoms with E-state index in [-0.39, 0.29) is 11.2 Å². The average Bonchev–Trinajstić information content (AvgIpc) is 1.83. The zero-order valence-corrected chi connectivity index (χ0v) is 6.07. The minimum Gasteiger partial charge on any atom is -0.469 e. The van der Waals surface area contributed by atoms with Gasteiger partial charge in [-0.1, -0.05) is 0 Å². The first-order valence-corrected chi connectivity index (χ1v) is 2.96. The summed E-state index contributed by atoms with van der Waals surface area (Å²) in [6.07, 6.45) is 0. The Morgan fingerprint density at radius 2 is 2.44 bits per heavy atom. The molecule has 0 rings (SSSR count). The van der Waals surface area contributed by atoms with Gasteiger partial charge in [-0.2, -0.15) is 0 Å². The number of hydrogen-bond donors (Lipinski definition) is 3. The van der Waals surface area contributed by atoms with Crippen molar-refractivity contribution in [2.45, 2.75) is 13.0 Å². The number of hydrazine groups is 1. The molecule has 9 heavy (non-hydrogen) atoms. The first-order chi connectivity index (χ1) is 4.16. The fraction of sp³-hybridized carbons (Fsp3) is 0.750. The Kier molecular flexibility index (Phi) is 4.29. The monoisotopic (exact) mass is 149 g/mol. The van der Waals surface area contributed by atoms with Crippen LogP contribution in [0.3, 0.4) is 0 Å². The van der Waals surface area contributed by atoms with Crippen LogP contribution in [0.15, 0.2) is 0 Å². The van der Waals surface area contributed by atoms with E-state index in [1.165, 1.54) is 0 Å². The van der Waals surface area contributed by atoms with E-state index in [1.54, 1.807) is 0 Å². The van der Waals surface area contributed by atoms with Crippen LogP contribution in [0.4, 0.5) is 0 Å². The predicted octanol–water partition coefficient (Wildman–Crippen LogP) is -0.902. The van der Waals surface area contributed by atoms with Gasteiger partial charge < -0.3 is 10.5 Å². The summed E-state index contributed by atoms with van der Waals surface area (Å²) in [6, 6.07) is -0.0173. The van der Waals surface area contributed by atoms with Crippen LogP contribution >= 0.6 is 12.2 Å². The highest BCUT2D eigenvalue weighted by Gasteiger charge is 1.95. The van der Waals surface area contributed by atoms with Crippen LogP contribution < -0.4 is 17.0 Å². The summed E-state index contributed by atoms with van der Waals surface area (Å²) in [6.45, 7) is 2.21. The van der Waals surface area contributed by atoms with E-state index in [1.807, 2.05) is 6.92 Å².